The van der Waals surface area contributed by atoms with Crippen LogP contribution < -0.4 is 4.74 Å². The largest absolute Gasteiger partial charge is 0.463 e. The molecule has 0 saturated heterocycles. The Labute approximate surface area is 151 Å². The first-order valence-electron chi connectivity index (χ1n) is 7.95. The van der Waals surface area contributed by atoms with Gasteiger partial charge in [0.15, 0.2) is 0 Å². The lowest BCUT2D eigenvalue weighted by Gasteiger charge is -2.08. The minimum absolute atomic E-state index is 0.351. The van der Waals surface area contributed by atoms with Gasteiger partial charge in [-0.1, -0.05) is 17.7 Å². The number of aromatic nitrogens is 1. The molecule has 0 aliphatic heterocycles. The van der Waals surface area contributed by atoms with Gasteiger partial charge in [0, 0.05) is 35.3 Å². The van der Waals surface area contributed by atoms with E-state index >= 15 is 0 Å². The summed E-state index contributed by atoms with van der Waals surface area (Å²) < 4.78 is 13.0. The fraction of sp³-hybridized carbons (Fsp3) is 0.150. The van der Waals surface area contributed by atoms with Crippen molar-refractivity contribution in [2.45, 2.75) is 6.92 Å². The van der Waals surface area contributed by atoms with Gasteiger partial charge in [0.25, 0.3) is 0 Å². The summed E-state index contributed by atoms with van der Waals surface area (Å²) in [5.41, 5.74) is 1.89. The second kappa shape index (κ2) is 7.45. The molecule has 0 amide bonds. The molecule has 3 rings (SSSR count). The first-order chi connectivity index (χ1) is 12.1. The Hall–Kier alpha value is -2.72. The molecule has 25 heavy (non-hydrogen) atoms. The van der Waals surface area contributed by atoms with Crippen molar-refractivity contribution in [2.24, 2.45) is 7.05 Å². The Morgan fingerprint density at radius 2 is 1.96 bits per heavy atom. The zero-order chi connectivity index (χ0) is 17.8. The second-order valence-corrected chi connectivity index (χ2v) is 5.92. The number of carbonyl (C=O) groups is 1. The fourth-order valence-electron chi connectivity index (χ4n) is 2.64. The molecule has 0 saturated carbocycles. The highest BCUT2D eigenvalue weighted by molar-refractivity contribution is 6.30. The molecular weight excluding hydrogens is 338 g/mol. The second-order valence-electron chi connectivity index (χ2n) is 5.49. The molecule has 0 atom stereocenters. The number of rotatable bonds is 5. The van der Waals surface area contributed by atoms with E-state index in [1.54, 1.807) is 25.1 Å². The number of esters is 1. The van der Waals surface area contributed by atoms with E-state index in [2.05, 4.69) is 0 Å². The van der Waals surface area contributed by atoms with Crippen molar-refractivity contribution < 1.29 is 14.3 Å². The summed E-state index contributed by atoms with van der Waals surface area (Å²) in [4.78, 5) is 11.6. The third-order valence-electron chi connectivity index (χ3n) is 3.73. The van der Waals surface area contributed by atoms with E-state index in [-0.39, 0.29) is 5.97 Å². The third-order valence-corrected chi connectivity index (χ3v) is 3.98. The topological polar surface area (TPSA) is 40.5 Å². The normalized spacial score (nSPS) is 11.2. The fourth-order valence-corrected chi connectivity index (χ4v) is 2.76. The van der Waals surface area contributed by atoms with Crippen molar-refractivity contribution in [1.82, 2.24) is 4.57 Å². The van der Waals surface area contributed by atoms with Crippen molar-refractivity contribution in [3.8, 4) is 11.5 Å². The average molecular weight is 356 g/mol. The van der Waals surface area contributed by atoms with Gasteiger partial charge in [-0.25, -0.2) is 4.79 Å². The van der Waals surface area contributed by atoms with Gasteiger partial charge in [-0.3, -0.25) is 0 Å². The number of benzene rings is 2. The van der Waals surface area contributed by atoms with Gasteiger partial charge in [-0.2, -0.15) is 0 Å². The van der Waals surface area contributed by atoms with Gasteiger partial charge in [-0.05, 0) is 49.4 Å². The predicted molar refractivity (Wildman–Crippen MR) is 100 cm³/mol. The molecule has 3 aromatic rings. The van der Waals surface area contributed by atoms with Crippen LogP contribution in [-0.4, -0.2) is 17.1 Å². The molecule has 0 bridgehead atoms. The smallest absolute Gasteiger partial charge is 0.330 e. The molecule has 0 spiro atoms. The number of hydrogen-bond acceptors (Lipinski definition) is 3. The number of carbonyl (C=O) groups excluding carboxylic acids is 1. The molecule has 0 fully saturated rings. The Kier molecular flexibility index (Phi) is 5.10. The summed E-state index contributed by atoms with van der Waals surface area (Å²) in [6.07, 6.45) is 5.13. The maximum absolute atomic E-state index is 11.6. The SMILES string of the molecule is CCOC(=O)C=Cc1cn(C)c2cccc(Oc3ccc(Cl)cc3)c12. The molecule has 2 aromatic carbocycles. The number of nitrogens with zero attached hydrogens (tertiary/aromatic N) is 1. The van der Waals surface area contributed by atoms with Crippen LogP contribution in [0.25, 0.3) is 17.0 Å². The van der Waals surface area contributed by atoms with Crippen LogP contribution in [0.2, 0.25) is 5.02 Å². The monoisotopic (exact) mass is 355 g/mol. The highest BCUT2D eigenvalue weighted by Gasteiger charge is 2.11. The maximum atomic E-state index is 11.6. The number of aryl methyl sites for hydroxylation is 1. The molecule has 1 aromatic heterocycles. The highest BCUT2D eigenvalue weighted by atomic mass is 35.5. The van der Waals surface area contributed by atoms with Crippen LogP contribution in [0.3, 0.4) is 0 Å². The lowest BCUT2D eigenvalue weighted by molar-refractivity contribution is -0.137. The van der Waals surface area contributed by atoms with Crippen molar-refractivity contribution in [3.05, 3.63) is 65.3 Å². The van der Waals surface area contributed by atoms with Gasteiger partial charge in [0.2, 0.25) is 0 Å². The van der Waals surface area contributed by atoms with E-state index in [1.165, 1.54) is 6.08 Å². The summed E-state index contributed by atoms with van der Waals surface area (Å²) in [6.45, 7) is 2.13. The lowest BCUT2D eigenvalue weighted by Crippen LogP contribution is -1.98. The Balaban J connectivity index is 2.01. The van der Waals surface area contributed by atoms with Crippen molar-refractivity contribution in [3.63, 3.8) is 0 Å². The summed E-state index contributed by atoms with van der Waals surface area (Å²) >= 11 is 5.92. The van der Waals surface area contributed by atoms with Crippen LogP contribution in [0, 0.1) is 0 Å². The van der Waals surface area contributed by atoms with Crippen LogP contribution in [0.1, 0.15) is 12.5 Å². The molecular formula is C20H18ClNO3. The van der Waals surface area contributed by atoms with Crippen molar-refractivity contribution in [1.29, 1.82) is 0 Å². The Morgan fingerprint density at radius 1 is 1.20 bits per heavy atom. The first kappa shape index (κ1) is 17.1. The molecule has 0 aliphatic rings. The van der Waals surface area contributed by atoms with Crippen LogP contribution in [0.4, 0.5) is 0 Å². The van der Waals surface area contributed by atoms with Gasteiger partial charge in [-0.15, -0.1) is 0 Å². The van der Waals surface area contributed by atoms with Gasteiger partial charge in [0.05, 0.1) is 12.1 Å². The highest BCUT2D eigenvalue weighted by Crippen LogP contribution is 2.34. The molecule has 0 N–H and O–H groups in total. The Bertz CT molecular complexity index is 926. The third kappa shape index (κ3) is 3.86. The summed E-state index contributed by atoms with van der Waals surface area (Å²) in [5.74, 6) is 1.04. The van der Waals surface area contributed by atoms with Crippen molar-refractivity contribution >= 4 is 34.5 Å². The number of fused-ring (bicyclic) bond motifs is 1. The lowest BCUT2D eigenvalue weighted by atomic mass is 10.1. The molecule has 128 valence electrons. The van der Waals surface area contributed by atoms with Crippen LogP contribution in [0.15, 0.2) is 54.7 Å². The minimum atomic E-state index is -0.365. The summed E-state index contributed by atoms with van der Waals surface area (Å²) in [6, 6.07) is 13.0. The van der Waals surface area contributed by atoms with Gasteiger partial charge >= 0.3 is 5.97 Å². The average Bonchev–Trinajstić information content (AvgIpc) is 2.93. The molecule has 4 nitrogen and oxygen atoms in total. The zero-order valence-corrected chi connectivity index (χ0v) is 14.8. The summed E-state index contributed by atoms with van der Waals surface area (Å²) in [5, 5.41) is 1.59. The molecule has 0 aliphatic carbocycles. The number of halogens is 1. The quantitative estimate of drug-likeness (QED) is 0.466. The predicted octanol–water partition coefficient (Wildman–Crippen LogP) is 5.20. The number of ether oxygens (including phenoxy) is 2. The van der Waals surface area contributed by atoms with Crippen molar-refractivity contribution in [2.75, 3.05) is 6.61 Å². The van der Waals surface area contributed by atoms with Gasteiger partial charge in [0.1, 0.15) is 11.5 Å². The first-order valence-corrected chi connectivity index (χ1v) is 8.32. The molecule has 5 heteroatoms. The van der Waals surface area contributed by atoms with E-state index in [1.807, 2.05) is 48.1 Å². The van der Waals surface area contributed by atoms with Crippen LogP contribution in [-0.2, 0) is 16.6 Å². The molecule has 0 unspecified atom stereocenters. The van der Waals surface area contributed by atoms with Crippen LogP contribution >= 0.6 is 11.6 Å². The van der Waals surface area contributed by atoms with E-state index in [9.17, 15) is 4.79 Å². The van der Waals surface area contributed by atoms with E-state index < -0.39 is 0 Å². The van der Waals surface area contributed by atoms with Crippen LogP contribution in [0.5, 0.6) is 11.5 Å². The maximum Gasteiger partial charge on any atom is 0.330 e. The summed E-state index contributed by atoms with van der Waals surface area (Å²) in [7, 11) is 1.95. The molecule has 1 heterocycles. The zero-order valence-electron chi connectivity index (χ0n) is 14.0. The van der Waals surface area contributed by atoms with E-state index in [0.717, 1.165) is 16.5 Å². The Morgan fingerprint density at radius 3 is 2.68 bits per heavy atom. The van der Waals surface area contributed by atoms with Gasteiger partial charge < -0.3 is 14.0 Å². The van der Waals surface area contributed by atoms with E-state index in [0.29, 0.717) is 23.1 Å². The number of hydrogen-bond donors (Lipinski definition) is 0. The van der Waals surface area contributed by atoms with E-state index in [4.69, 9.17) is 21.1 Å². The molecule has 0 radical (unpaired) electrons. The standard InChI is InChI=1S/C20H18ClNO3/c1-3-24-19(23)12-7-14-13-22(2)17-5-4-6-18(20(14)17)25-16-10-8-15(21)9-11-16/h4-13H,3H2,1-2H3. The minimum Gasteiger partial charge on any atom is -0.463 e.